The molecule has 2 rings (SSSR count). The van der Waals surface area contributed by atoms with E-state index in [0.29, 0.717) is 5.54 Å². The zero-order valence-electron chi connectivity index (χ0n) is 10.6. The molecule has 0 bridgehead atoms. The van der Waals surface area contributed by atoms with Crippen LogP contribution in [0.15, 0.2) is 0 Å². The van der Waals surface area contributed by atoms with Crippen LogP contribution in [0, 0.1) is 0 Å². The van der Waals surface area contributed by atoms with E-state index in [1.54, 1.807) is 0 Å². The lowest BCUT2D eigenvalue weighted by atomic mass is 9.88. The van der Waals surface area contributed by atoms with Gasteiger partial charge in [0.15, 0.2) is 0 Å². The van der Waals surface area contributed by atoms with Crippen molar-refractivity contribution >= 4 is 11.8 Å². The van der Waals surface area contributed by atoms with Crippen molar-refractivity contribution in [2.75, 3.05) is 24.6 Å². The molecule has 0 aliphatic carbocycles. The normalized spacial score (nSPS) is 36.8. The summed E-state index contributed by atoms with van der Waals surface area (Å²) in [5, 5.41) is 0. The number of hydrogen-bond donors (Lipinski definition) is 1. The van der Waals surface area contributed by atoms with E-state index in [1.165, 1.54) is 56.6 Å². The van der Waals surface area contributed by atoms with Crippen molar-refractivity contribution in [3.05, 3.63) is 0 Å². The smallest absolute Gasteiger partial charge is 0.0432 e. The predicted molar refractivity (Wildman–Crippen MR) is 73.0 cm³/mol. The molecule has 0 aromatic heterocycles. The summed E-state index contributed by atoms with van der Waals surface area (Å²) in [6.07, 6.45) is 8.21. The Balaban J connectivity index is 2.08. The summed E-state index contributed by atoms with van der Waals surface area (Å²) in [6, 6.07) is 0.820. The molecule has 0 aromatic carbocycles. The molecule has 2 aliphatic rings. The quantitative estimate of drug-likeness (QED) is 0.821. The summed E-state index contributed by atoms with van der Waals surface area (Å²) >= 11 is 2.10. The van der Waals surface area contributed by atoms with E-state index in [9.17, 15) is 0 Å². The van der Waals surface area contributed by atoms with Crippen molar-refractivity contribution < 1.29 is 0 Å². The zero-order valence-corrected chi connectivity index (χ0v) is 11.4. The third kappa shape index (κ3) is 2.41. The fourth-order valence-corrected chi connectivity index (χ4v) is 4.84. The Morgan fingerprint density at radius 2 is 2.31 bits per heavy atom. The number of piperidine rings is 1. The summed E-state index contributed by atoms with van der Waals surface area (Å²) in [7, 11) is 0. The molecule has 2 atom stereocenters. The molecule has 3 heteroatoms. The maximum atomic E-state index is 6.10. The highest BCUT2D eigenvalue weighted by molar-refractivity contribution is 7.99. The van der Waals surface area contributed by atoms with Gasteiger partial charge in [0.05, 0.1) is 0 Å². The first kappa shape index (κ1) is 12.7. The maximum absolute atomic E-state index is 6.10. The van der Waals surface area contributed by atoms with Gasteiger partial charge in [-0.25, -0.2) is 0 Å². The van der Waals surface area contributed by atoms with Crippen LogP contribution in [-0.2, 0) is 0 Å². The Morgan fingerprint density at radius 3 is 2.94 bits per heavy atom. The Bertz CT molecular complexity index is 212. The van der Waals surface area contributed by atoms with Crippen LogP contribution in [0.4, 0.5) is 0 Å². The molecule has 2 saturated heterocycles. The summed E-state index contributed by atoms with van der Waals surface area (Å²) in [4.78, 5) is 2.79. The third-order valence-corrected chi connectivity index (χ3v) is 5.56. The van der Waals surface area contributed by atoms with E-state index in [0.717, 1.165) is 12.6 Å². The summed E-state index contributed by atoms with van der Waals surface area (Å²) in [5.74, 6) is 2.58. The number of rotatable bonds is 4. The first-order chi connectivity index (χ1) is 7.82. The predicted octanol–water partition coefficient (Wildman–Crippen LogP) is 2.48. The molecule has 2 N–H and O–H groups in total. The van der Waals surface area contributed by atoms with E-state index in [1.807, 2.05) is 0 Å². The van der Waals surface area contributed by atoms with Gasteiger partial charge >= 0.3 is 0 Å². The summed E-state index contributed by atoms with van der Waals surface area (Å²) in [5.41, 5.74) is 6.46. The largest absolute Gasteiger partial charge is 0.329 e. The van der Waals surface area contributed by atoms with Crippen LogP contribution >= 0.6 is 11.8 Å². The second-order valence-electron chi connectivity index (χ2n) is 5.36. The van der Waals surface area contributed by atoms with Crippen molar-refractivity contribution in [3.63, 3.8) is 0 Å². The molecule has 0 aromatic rings. The zero-order chi connectivity index (χ0) is 11.4. The monoisotopic (exact) mass is 242 g/mol. The van der Waals surface area contributed by atoms with Crippen LogP contribution in [0.2, 0.25) is 0 Å². The van der Waals surface area contributed by atoms with E-state index >= 15 is 0 Å². The molecule has 0 spiro atoms. The fraction of sp³-hybridized carbons (Fsp3) is 1.00. The second-order valence-corrected chi connectivity index (χ2v) is 6.47. The molecule has 2 aliphatic heterocycles. The molecular weight excluding hydrogens is 216 g/mol. The molecule has 2 nitrogen and oxygen atoms in total. The minimum Gasteiger partial charge on any atom is -0.329 e. The van der Waals surface area contributed by atoms with Gasteiger partial charge in [0, 0.05) is 23.9 Å². The third-order valence-electron chi connectivity index (χ3n) is 4.32. The van der Waals surface area contributed by atoms with Gasteiger partial charge in [0.2, 0.25) is 0 Å². The molecular formula is C13H26N2S. The Kier molecular flexibility index (Phi) is 4.57. The van der Waals surface area contributed by atoms with Crippen molar-refractivity contribution in [2.45, 2.75) is 57.0 Å². The Hall–Kier alpha value is 0.270. The van der Waals surface area contributed by atoms with Gasteiger partial charge in [-0.2, -0.15) is 11.8 Å². The van der Waals surface area contributed by atoms with Gasteiger partial charge in [0.1, 0.15) is 0 Å². The highest BCUT2D eigenvalue weighted by Crippen LogP contribution is 2.37. The van der Waals surface area contributed by atoms with Crippen LogP contribution < -0.4 is 5.73 Å². The van der Waals surface area contributed by atoms with E-state index in [4.69, 9.17) is 5.73 Å². The number of hydrogen-bond acceptors (Lipinski definition) is 3. The second kappa shape index (κ2) is 5.74. The Labute approximate surface area is 104 Å². The van der Waals surface area contributed by atoms with Crippen LogP contribution in [0.3, 0.4) is 0 Å². The molecule has 0 radical (unpaired) electrons. The fourth-order valence-electron chi connectivity index (χ4n) is 3.36. The van der Waals surface area contributed by atoms with Crippen LogP contribution in [0.5, 0.6) is 0 Å². The molecule has 0 amide bonds. The van der Waals surface area contributed by atoms with Crippen molar-refractivity contribution in [2.24, 2.45) is 5.73 Å². The van der Waals surface area contributed by atoms with Gasteiger partial charge in [-0.05, 0) is 38.0 Å². The highest BCUT2D eigenvalue weighted by Gasteiger charge is 2.42. The van der Waals surface area contributed by atoms with E-state index in [-0.39, 0.29) is 0 Å². The number of likely N-dealkylation sites (tertiary alicyclic amines) is 1. The number of nitrogens with zero attached hydrogens (tertiary/aromatic N) is 1. The lowest BCUT2D eigenvalue weighted by molar-refractivity contribution is 0.0337. The summed E-state index contributed by atoms with van der Waals surface area (Å²) in [6.45, 7) is 4.47. The number of nitrogens with two attached hydrogens (primary N) is 1. The lowest BCUT2D eigenvalue weighted by Crippen LogP contribution is -2.59. The van der Waals surface area contributed by atoms with Crippen molar-refractivity contribution in [1.29, 1.82) is 0 Å². The van der Waals surface area contributed by atoms with Crippen LogP contribution in [0.25, 0.3) is 0 Å². The average molecular weight is 242 g/mol. The average Bonchev–Trinajstić information content (AvgIpc) is 2.80. The first-order valence-electron chi connectivity index (χ1n) is 6.87. The molecule has 0 saturated carbocycles. The van der Waals surface area contributed by atoms with Gasteiger partial charge in [-0.3, -0.25) is 4.90 Å². The minimum absolute atomic E-state index is 0.352. The standard InChI is InChI=1S/C13H26N2S/c1-2-5-12-6-3-4-8-15(12)13(10-14)7-9-16-11-13/h12H,2-11,14H2,1H3. The topological polar surface area (TPSA) is 29.3 Å². The molecule has 2 fully saturated rings. The van der Waals surface area contributed by atoms with Crippen molar-refractivity contribution in [3.8, 4) is 0 Å². The molecule has 2 unspecified atom stereocenters. The van der Waals surface area contributed by atoms with Gasteiger partial charge in [-0.1, -0.05) is 19.8 Å². The molecule has 94 valence electrons. The first-order valence-corrected chi connectivity index (χ1v) is 8.02. The minimum atomic E-state index is 0.352. The highest BCUT2D eigenvalue weighted by atomic mass is 32.2. The summed E-state index contributed by atoms with van der Waals surface area (Å²) < 4.78 is 0. The van der Waals surface area contributed by atoms with Gasteiger partial charge in [-0.15, -0.1) is 0 Å². The van der Waals surface area contributed by atoms with Crippen molar-refractivity contribution in [1.82, 2.24) is 4.90 Å². The maximum Gasteiger partial charge on any atom is 0.0432 e. The van der Waals surface area contributed by atoms with Crippen LogP contribution in [0.1, 0.15) is 45.4 Å². The Morgan fingerprint density at radius 1 is 1.44 bits per heavy atom. The SMILES string of the molecule is CCCC1CCCCN1C1(CN)CCSC1. The lowest BCUT2D eigenvalue weighted by Gasteiger charge is -2.47. The molecule has 2 heterocycles. The molecule has 16 heavy (non-hydrogen) atoms. The number of thioether (sulfide) groups is 1. The van der Waals surface area contributed by atoms with Crippen LogP contribution in [-0.4, -0.2) is 41.1 Å². The van der Waals surface area contributed by atoms with E-state index < -0.39 is 0 Å². The van der Waals surface area contributed by atoms with E-state index in [2.05, 4.69) is 23.6 Å². The van der Waals surface area contributed by atoms with Gasteiger partial charge < -0.3 is 5.73 Å². The van der Waals surface area contributed by atoms with Gasteiger partial charge in [0.25, 0.3) is 0 Å².